The Balaban J connectivity index is 1.42. The van der Waals surface area contributed by atoms with E-state index in [1.165, 1.54) is 18.4 Å². The molecule has 2 aliphatic rings. The Morgan fingerprint density at radius 3 is 2.63 bits per heavy atom. The van der Waals surface area contributed by atoms with Gasteiger partial charge in [-0.1, -0.05) is 26.0 Å². The van der Waals surface area contributed by atoms with Crippen LogP contribution in [-0.2, 0) is 19.4 Å². The lowest BCUT2D eigenvalue weighted by atomic mass is 9.92. The van der Waals surface area contributed by atoms with Crippen LogP contribution >= 0.6 is 0 Å². The number of fused-ring (bicyclic) bond motifs is 1. The first-order valence-electron chi connectivity index (χ1n) is 10.0. The molecule has 2 aromatic rings. The molecular formula is C22H27N3O2. The number of hydrogen-bond acceptors (Lipinski definition) is 3. The Labute approximate surface area is 159 Å². The van der Waals surface area contributed by atoms with Gasteiger partial charge in [-0.3, -0.25) is 9.59 Å². The summed E-state index contributed by atoms with van der Waals surface area (Å²) in [6.07, 6.45) is 4.75. The van der Waals surface area contributed by atoms with Crippen LogP contribution in [0.15, 0.2) is 35.1 Å². The average molecular weight is 365 g/mol. The standard InChI is InChI=1S/C22H27N3O2/c1-14(2)16-5-7-17(8-6-16)22(27)23-19-9-10-20-18(11-19)12-21(26)25(24-20)13-15-3-4-15/h5-8,12,14-15,19H,3-4,9-11,13H2,1-2H3,(H,23,27). The lowest BCUT2D eigenvalue weighted by molar-refractivity contribution is 0.0933. The van der Waals surface area contributed by atoms with Crippen LogP contribution in [0.3, 0.4) is 0 Å². The van der Waals surface area contributed by atoms with Crippen molar-refractivity contribution < 1.29 is 4.79 Å². The fourth-order valence-corrected chi connectivity index (χ4v) is 3.72. The van der Waals surface area contributed by atoms with Crippen LogP contribution in [0.5, 0.6) is 0 Å². The van der Waals surface area contributed by atoms with Gasteiger partial charge in [-0.15, -0.1) is 0 Å². The minimum absolute atomic E-state index is 0.0168. The Kier molecular flexibility index (Phi) is 4.85. The molecule has 0 aliphatic heterocycles. The van der Waals surface area contributed by atoms with E-state index in [0.717, 1.165) is 30.6 Å². The lowest BCUT2D eigenvalue weighted by Crippen LogP contribution is -2.40. The highest BCUT2D eigenvalue weighted by atomic mass is 16.1. The van der Waals surface area contributed by atoms with Gasteiger partial charge in [0.2, 0.25) is 0 Å². The van der Waals surface area contributed by atoms with Gasteiger partial charge in [0.15, 0.2) is 0 Å². The monoisotopic (exact) mass is 365 g/mol. The van der Waals surface area contributed by atoms with E-state index in [1.54, 1.807) is 10.7 Å². The second kappa shape index (κ2) is 7.29. The molecule has 5 heteroatoms. The molecule has 1 N–H and O–H groups in total. The van der Waals surface area contributed by atoms with Crippen molar-refractivity contribution in [2.45, 2.75) is 64.5 Å². The highest BCUT2D eigenvalue weighted by Crippen LogP contribution is 2.30. The summed E-state index contributed by atoms with van der Waals surface area (Å²) in [5.74, 6) is 1.04. The molecule has 0 spiro atoms. The summed E-state index contributed by atoms with van der Waals surface area (Å²) in [6.45, 7) is 5.03. The molecule has 4 rings (SSSR count). The number of aromatic nitrogens is 2. The third-order valence-corrected chi connectivity index (χ3v) is 5.66. The maximum absolute atomic E-state index is 12.6. The molecule has 1 heterocycles. The number of hydrogen-bond donors (Lipinski definition) is 1. The van der Waals surface area contributed by atoms with Crippen molar-refractivity contribution in [1.29, 1.82) is 0 Å². The van der Waals surface area contributed by atoms with Crippen molar-refractivity contribution in [2.24, 2.45) is 5.92 Å². The fraction of sp³-hybridized carbons (Fsp3) is 0.500. The quantitative estimate of drug-likeness (QED) is 0.886. The largest absolute Gasteiger partial charge is 0.349 e. The predicted molar refractivity (Wildman–Crippen MR) is 105 cm³/mol. The second-order valence-corrected chi connectivity index (χ2v) is 8.27. The van der Waals surface area contributed by atoms with E-state index in [4.69, 9.17) is 0 Å². The van der Waals surface area contributed by atoms with Gasteiger partial charge in [0.1, 0.15) is 0 Å². The molecule has 142 valence electrons. The van der Waals surface area contributed by atoms with Gasteiger partial charge in [-0.05, 0) is 67.2 Å². The van der Waals surface area contributed by atoms with Gasteiger partial charge in [-0.2, -0.15) is 5.10 Å². The highest BCUT2D eigenvalue weighted by molar-refractivity contribution is 5.94. The molecule has 1 saturated carbocycles. The molecule has 1 aromatic carbocycles. The van der Waals surface area contributed by atoms with Crippen molar-refractivity contribution in [2.75, 3.05) is 0 Å². The normalized spacial score (nSPS) is 19.0. The van der Waals surface area contributed by atoms with Crippen LogP contribution in [0, 0.1) is 5.92 Å². The van der Waals surface area contributed by atoms with E-state index < -0.39 is 0 Å². The van der Waals surface area contributed by atoms with E-state index in [-0.39, 0.29) is 17.5 Å². The lowest BCUT2D eigenvalue weighted by Gasteiger charge is -2.25. The molecule has 1 atom stereocenters. The Hall–Kier alpha value is -2.43. The Morgan fingerprint density at radius 2 is 1.96 bits per heavy atom. The summed E-state index contributed by atoms with van der Waals surface area (Å²) < 4.78 is 1.63. The summed E-state index contributed by atoms with van der Waals surface area (Å²) in [5.41, 5.74) is 3.90. The molecule has 1 amide bonds. The number of aryl methyl sites for hydroxylation is 1. The van der Waals surface area contributed by atoms with Crippen LogP contribution in [0.1, 0.15) is 66.2 Å². The predicted octanol–water partition coefficient (Wildman–Crippen LogP) is 3.06. The average Bonchev–Trinajstić information content (AvgIpc) is 3.46. The van der Waals surface area contributed by atoms with Gasteiger partial charge >= 0.3 is 0 Å². The minimum atomic E-state index is -0.0474. The van der Waals surface area contributed by atoms with Crippen molar-refractivity contribution in [3.05, 3.63) is 63.1 Å². The number of amides is 1. The zero-order chi connectivity index (χ0) is 19.0. The third-order valence-electron chi connectivity index (χ3n) is 5.66. The maximum Gasteiger partial charge on any atom is 0.267 e. The first kappa shape index (κ1) is 18.0. The SMILES string of the molecule is CC(C)c1ccc(C(=O)NC2CCc3nn(CC4CC4)c(=O)cc3C2)cc1. The molecule has 2 aliphatic carbocycles. The molecule has 1 unspecified atom stereocenters. The van der Waals surface area contributed by atoms with Crippen LogP contribution in [0.2, 0.25) is 0 Å². The van der Waals surface area contributed by atoms with E-state index >= 15 is 0 Å². The van der Waals surface area contributed by atoms with Gasteiger partial charge in [0.05, 0.1) is 5.69 Å². The van der Waals surface area contributed by atoms with Gasteiger partial charge in [-0.25, -0.2) is 4.68 Å². The van der Waals surface area contributed by atoms with Crippen LogP contribution in [0.25, 0.3) is 0 Å². The van der Waals surface area contributed by atoms with Gasteiger partial charge < -0.3 is 5.32 Å². The van der Waals surface area contributed by atoms with Crippen molar-refractivity contribution in [3.63, 3.8) is 0 Å². The molecule has 0 saturated heterocycles. The second-order valence-electron chi connectivity index (χ2n) is 8.27. The molecule has 0 bridgehead atoms. The summed E-state index contributed by atoms with van der Waals surface area (Å²) in [4.78, 5) is 24.9. The fourth-order valence-electron chi connectivity index (χ4n) is 3.72. The van der Waals surface area contributed by atoms with Crippen LogP contribution in [0.4, 0.5) is 0 Å². The van der Waals surface area contributed by atoms with Crippen molar-refractivity contribution in [3.8, 4) is 0 Å². The molecule has 5 nitrogen and oxygen atoms in total. The van der Waals surface area contributed by atoms with Crippen molar-refractivity contribution >= 4 is 5.91 Å². The van der Waals surface area contributed by atoms with Crippen LogP contribution in [-0.4, -0.2) is 21.7 Å². The maximum atomic E-state index is 12.6. The van der Waals surface area contributed by atoms with Gasteiger partial charge in [0, 0.05) is 24.2 Å². The third kappa shape index (κ3) is 4.12. The molecular weight excluding hydrogens is 338 g/mol. The number of carbonyl (C=O) groups is 1. The summed E-state index contributed by atoms with van der Waals surface area (Å²) in [6, 6.07) is 9.58. The van der Waals surface area contributed by atoms with Crippen LogP contribution < -0.4 is 10.9 Å². The number of rotatable bonds is 5. The smallest absolute Gasteiger partial charge is 0.267 e. The topological polar surface area (TPSA) is 64.0 Å². The summed E-state index contributed by atoms with van der Waals surface area (Å²) >= 11 is 0. The minimum Gasteiger partial charge on any atom is -0.349 e. The van der Waals surface area contributed by atoms with E-state index in [0.29, 0.717) is 23.8 Å². The molecule has 1 aromatic heterocycles. The highest BCUT2D eigenvalue weighted by Gasteiger charge is 2.26. The zero-order valence-electron chi connectivity index (χ0n) is 16.1. The number of benzene rings is 1. The number of nitrogens with zero attached hydrogens (tertiary/aromatic N) is 2. The number of nitrogens with one attached hydrogen (secondary N) is 1. The summed E-state index contributed by atoms with van der Waals surface area (Å²) in [7, 11) is 0. The number of carbonyl (C=O) groups excluding carboxylic acids is 1. The Morgan fingerprint density at radius 1 is 1.22 bits per heavy atom. The molecule has 1 fully saturated rings. The van der Waals surface area contributed by atoms with Gasteiger partial charge in [0.25, 0.3) is 11.5 Å². The van der Waals surface area contributed by atoms with E-state index in [2.05, 4.69) is 24.3 Å². The summed E-state index contributed by atoms with van der Waals surface area (Å²) in [5, 5.41) is 7.71. The zero-order valence-corrected chi connectivity index (χ0v) is 16.1. The molecule has 27 heavy (non-hydrogen) atoms. The Bertz CT molecular complexity index is 895. The van der Waals surface area contributed by atoms with Crippen molar-refractivity contribution in [1.82, 2.24) is 15.1 Å². The van der Waals surface area contributed by atoms with E-state index in [9.17, 15) is 9.59 Å². The molecule has 0 radical (unpaired) electrons. The first-order chi connectivity index (χ1) is 13.0. The first-order valence-corrected chi connectivity index (χ1v) is 10.0. The van der Waals surface area contributed by atoms with E-state index in [1.807, 2.05) is 24.3 Å².